The highest BCUT2D eigenvalue weighted by atomic mass is 16.3. The van der Waals surface area contributed by atoms with Gasteiger partial charge < -0.3 is 5.11 Å². The van der Waals surface area contributed by atoms with Crippen molar-refractivity contribution >= 4 is 0 Å². The minimum absolute atomic E-state index is 0.465. The molecule has 176 valence electrons. The highest BCUT2D eigenvalue weighted by Gasteiger charge is 2.10. The molecular formula is C28H58O. The SMILES string of the molecule is CCCCCCCCCCCCCCCCCCCCCCCCCC(C)(C)O. The summed E-state index contributed by atoms with van der Waals surface area (Å²) in [6.45, 7) is 6.14. The Kier molecular flexibility index (Phi) is 22.6. The summed E-state index contributed by atoms with van der Waals surface area (Å²) in [4.78, 5) is 0. The van der Waals surface area contributed by atoms with E-state index in [2.05, 4.69) is 6.92 Å². The van der Waals surface area contributed by atoms with Crippen LogP contribution in [-0.4, -0.2) is 10.7 Å². The lowest BCUT2D eigenvalue weighted by atomic mass is 9.99. The molecule has 0 rings (SSSR count). The first kappa shape index (κ1) is 29.0. The zero-order valence-corrected chi connectivity index (χ0v) is 20.9. The molecule has 0 aliphatic carbocycles. The maximum atomic E-state index is 9.69. The Balaban J connectivity index is 3.02. The Bertz CT molecular complexity index is 291. The lowest BCUT2D eigenvalue weighted by Crippen LogP contribution is -2.17. The fraction of sp³-hybridized carbons (Fsp3) is 1.00. The topological polar surface area (TPSA) is 20.2 Å². The Labute approximate surface area is 185 Å². The van der Waals surface area contributed by atoms with Crippen LogP contribution >= 0.6 is 0 Å². The summed E-state index contributed by atoms with van der Waals surface area (Å²) in [5.74, 6) is 0. The van der Waals surface area contributed by atoms with E-state index in [1.807, 2.05) is 13.8 Å². The Morgan fingerprint density at radius 3 is 0.793 bits per heavy atom. The normalized spacial score (nSPS) is 12.0. The van der Waals surface area contributed by atoms with Crippen molar-refractivity contribution < 1.29 is 5.11 Å². The van der Waals surface area contributed by atoms with Crippen LogP contribution in [0.15, 0.2) is 0 Å². The summed E-state index contributed by atoms with van der Waals surface area (Å²) >= 11 is 0. The van der Waals surface area contributed by atoms with Crippen molar-refractivity contribution in [1.82, 2.24) is 0 Å². The second-order valence-electron chi connectivity index (χ2n) is 10.3. The first-order chi connectivity index (χ1) is 14.1. The van der Waals surface area contributed by atoms with Gasteiger partial charge in [0.05, 0.1) is 5.60 Å². The van der Waals surface area contributed by atoms with Crippen molar-refractivity contribution in [3.05, 3.63) is 0 Å². The lowest BCUT2D eigenvalue weighted by Gasteiger charge is -2.16. The van der Waals surface area contributed by atoms with Gasteiger partial charge in [0, 0.05) is 0 Å². The first-order valence-corrected chi connectivity index (χ1v) is 13.8. The molecule has 0 amide bonds. The van der Waals surface area contributed by atoms with Gasteiger partial charge in [-0.1, -0.05) is 155 Å². The van der Waals surface area contributed by atoms with E-state index < -0.39 is 5.60 Å². The number of unbranched alkanes of at least 4 members (excludes halogenated alkanes) is 22. The van der Waals surface area contributed by atoms with E-state index >= 15 is 0 Å². The second kappa shape index (κ2) is 22.6. The van der Waals surface area contributed by atoms with Crippen molar-refractivity contribution in [2.75, 3.05) is 0 Å². The van der Waals surface area contributed by atoms with Gasteiger partial charge >= 0.3 is 0 Å². The van der Waals surface area contributed by atoms with Crippen LogP contribution in [0.5, 0.6) is 0 Å². The Morgan fingerprint density at radius 2 is 0.586 bits per heavy atom. The van der Waals surface area contributed by atoms with Crippen molar-refractivity contribution in [3.63, 3.8) is 0 Å². The van der Waals surface area contributed by atoms with E-state index in [9.17, 15) is 5.11 Å². The summed E-state index contributed by atoms with van der Waals surface area (Å²) in [6.07, 6.45) is 33.9. The van der Waals surface area contributed by atoms with Gasteiger partial charge in [0.1, 0.15) is 0 Å². The largest absolute Gasteiger partial charge is 0.390 e. The molecule has 0 atom stereocenters. The fourth-order valence-electron chi connectivity index (χ4n) is 4.34. The highest BCUT2D eigenvalue weighted by molar-refractivity contribution is 4.64. The predicted molar refractivity (Wildman–Crippen MR) is 133 cm³/mol. The minimum Gasteiger partial charge on any atom is -0.390 e. The van der Waals surface area contributed by atoms with E-state index in [0.717, 1.165) is 6.42 Å². The average molecular weight is 411 g/mol. The molecular weight excluding hydrogens is 352 g/mol. The van der Waals surface area contributed by atoms with Crippen LogP contribution in [0.25, 0.3) is 0 Å². The van der Waals surface area contributed by atoms with Crippen LogP contribution in [0.4, 0.5) is 0 Å². The average Bonchev–Trinajstić information content (AvgIpc) is 2.67. The molecule has 0 saturated carbocycles. The third-order valence-electron chi connectivity index (χ3n) is 6.39. The number of hydrogen-bond donors (Lipinski definition) is 1. The number of rotatable bonds is 24. The molecule has 0 aromatic heterocycles. The van der Waals surface area contributed by atoms with Crippen LogP contribution in [0.2, 0.25) is 0 Å². The first-order valence-electron chi connectivity index (χ1n) is 13.8. The number of aliphatic hydroxyl groups is 1. The molecule has 0 spiro atoms. The Hall–Kier alpha value is -0.0400. The zero-order chi connectivity index (χ0) is 21.5. The van der Waals surface area contributed by atoms with Crippen LogP contribution in [0.1, 0.15) is 175 Å². The van der Waals surface area contributed by atoms with Gasteiger partial charge in [-0.2, -0.15) is 0 Å². The molecule has 0 saturated heterocycles. The molecule has 1 N–H and O–H groups in total. The summed E-state index contributed by atoms with van der Waals surface area (Å²) in [5, 5.41) is 9.69. The van der Waals surface area contributed by atoms with Gasteiger partial charge in [0.2, 0.25) is 0 Å². The van der Waals surface area contributed by atoms with Gasteiger partial charge in [-0.3, -0.25) is 0 Å². The van der Waals surface area contributed by atoms with E-state index in [-0.39, 0.29) is 0 Å². The molecule has 0 fully saturated rings. The molecule has 0 unspecified atom stereocenters. The molecule has 1 nitrogen and oxygen atoms in total. The molecule has 0 bridgehead atoms. The fourth-order valence-corrected chi connectivity index (χ4v) is 4.34. The number of hydrogen-bond acceptors (Lipinski definition) is 1. The third kappa shape index (κ3) is 28.0. The zero-order valence-electron chi connectivity index (χ0n) is 20.9. The quantitative estimate of drug-likeness (QED) is 0.157. The van der Waals surface area contributed by atoms with Crippen LogP contribution in [0, 0.1) is 0 Å². The smallest absolute Gasteiger partial charge is 0.0591 e. The van der Waals surface area contributed by atoms with E-state index in [1.165, 1.54) is 148 Å². The van der Waals surface area contributed by atoms with Crippen molar-refractivity contribution in [2.24, 2.45) is 0 Å². The second-order valence-corrected chi connectivity index (χ2v) is 10.3. The summed E-state index contributed by atoms with van der Waals surface area (Å²) in [5.41, 5.74) is -0.465. The van der Waals surface area contributed by atoms with Crippen molar-refractivity contribution in [1.29, 1.82) is 0 Å². The minimum atomic E-state index is -0.465. The standard InChI is InChI=1S/C28H58O/c1-4-5-6-7-8-9-10-11-12-13-14-15-16-17-18-19-20-21-22-23-24-25-26-27-28(2,3)29/h29H,4-27H2,1-3H3. The van der Waals surface area contributed by atoms with Gasteiger partial charge in [-0.05, 0) is 20.3 Å². The molecule has 0 aromatic rings. The predicted octanol–water partition coefficient (Wildman–Crippen LogP) is 10.1. The van der Waals surface area contributed by atoms with Crippen LogP contribution < -0.4 is 0 Å². The molecule has 29 heavy (non-hydrogen) atoms. The van der Waals surface area contributed by atoms with Crippen LogP contribution in [0.3, 0.4) is 0 Å². The van der Waals surface area contributed by atoms with Crippen LogP contribution in [-0.2, 0) is 0 Å². The van der Waals surface area contributed by atoms with Crippen molar-refractivity contribution in [2.45, 2.75) is 180 Å². The maximum Gasteiger partial charge on any atom is 0.0591 e. The lowest BCUT2D eigenvalue weighted by molar-refractivity contribution is 0.0680. The summed E-state index contributed by atoms with van der Waals surface area (Å²) < 4.78 is 0. The summed E-state index contributed by atoms with van der Waals surface area (Å²) in [7, 11) is 0. The van der Waals surface area contributed by atoms with E-state index in [0.29, 0.717) is 0 Å². The monoisotopic (exact) mass is 410 g/mol. The van der Waals surface area contributed by atoms with Crippen molar-refractivity contribution in [3.8, 4) is 0 Å². The van der Waals surface area contributed by atoms with Gasteiger partial charge in [-0.25, -0.2) is 0 Å². The molecule has 0 aromatic carbocycles. The maximum absolute atomic E-state index is 9.69. The molecule has 0 aliphatic heterocycles. The third-order valence-corrected chi connectivity index (χ3v) is 6.39. The van der Waals surface area contributed by atoms with Gasteiger partial charge in [-0.15, -0.1) is 0 Å². The molecule has 0 heterocycles. The Morgan fingerprint density at radius 1 is 0.379 bits per heavy atom. The molecule has 1 heteroatoms. The van der Waals surface area contributed by atoms with E-state index in [4.69, 9.17) is 0 Å². The van der Waals surface area contributed by atoms with Gasteiger partial charge in [0.15, 0.2) is 0 Å². The summed E-state index contributed by atoms with van der Waals surface area (Å²) in [6, 6.07) is 0. The molecule has 0 radical (unpaired) electrons. The van der Waals surface area contributed by atoms with Gasteiger partial charge in [0.25, 0.3) is 0 Å². The molecule has 0 aliphatic rings. The highest BCUT2D eigenvalue weighted by Crippen LogP contribution is 2.17. The van der Waals surface area contributed by atoms with E-state index in [1.54, 1.807) is 0 Å².